The highest BCUT2D eigenvalue weighted by Crippen LogP contribution is 2.26. The van der Waals surface area contributed by atoms with Crippen LogP contribution in [0.4, 0.5) is 0 Å². The van der Waals surface area contributed by atoms with Crippen molar-refractivity contribution in [3.8, 4) is 11.4 Å². The fraction of sp³-hybridized carbons (Fsp3) is 0.0435. The number of hydrogen-bond acceptors (Lipinski definition) is 3. The van der Waals surface area contributed by atoms with Crippen LogP contribution in [0.25, 0.3) is 16.6 Å². The molecule has 5 nitrogen and oxygen atoms in total. The van der Waals surface area contributed by atoms with E-state index >= 15 is 0 Å². The van der Waals surface area contributed by atoms with Crippen molar-refractivity contribution in [2.75, 3.05) is 0 Å². The van der Waals surface area contributed by atoms with Crippen LogP contribution in [0.2, 0.25) is 5.02 Å². The topological polar surface area (TPSA) is 68.5 Å². The first kappa shape index (κ1) is 18.8. The molecule has 0 bridgehead atoms. The van der Waals surface area contributed by atoms with E-state index in [0.717, 1.165) is 16.8 Å². The number of carboxylic acids is 1. The van der Waals surface area contributed by atoms with Gasteiger partial charge in [-0.25, -0.2) is 4.79 Å². The van der Waals surface area contributed by atoms with E-state index in [1.54, 1.807) is 22.9 Å². The predicted octanol–water partition coefficient (Wildman–Crippen LogP) is 5.13. The number of ether oxygens (including phenoxy) is 1. The molecule has 0 fully saturated rings. The SMILES string of the molecule is O=C(O)C(=O)c1cn(-c2ccc(OCc3cccc(Cl)c3)cc2)c2ccccc12. The van der Waals surface area contributed by atoms with Crippen molar-refractivity contribution in [2.24, 2.45) is 0 Å². The van der Waals surface area contributed by atoms with Gasteiger partial charge in [-0.1, -0.05) is 41.9 Å². The van der Waals surface area contributed by atoms with Gasteiger partial charge in [-0.2, -0.15) is 0 Å². The van der Waals surface area contributed by atoms with E-state index < -0.39 is 11.8 Å². The highest BCUT2D eigenvalue weighted by atomic mass is 35.5. The number of halogens is 1. The van der Waals surface area contributed by atoms with Gasteiger partial charge in [0.15, 0.2) is 0 Å². The van der Waals surface area contributed by atoms with Gasteiger partial charge in [0.05, 0.1) is 11.1 Å². The van der Waals surface area contributed by atoms with E-state index in [9.17, 15) is 9.59 Å². The number of para-hydroxylation sites is 1. The van der Waals surface area contributed by atoms with Gasteiger partial charge in [-0.3, -0.25) is 4.79 Å². The molecule has 0 atom stereocenters. The number of carbonyl (C=O) groups excluding carboxylic acids is 1. The number of ketones is 1. The second-order valence-electron chi connectivity index (χ2n) is 6.48. The van der Waals surface area contributed by atoms with Gasteiger partial charge in [-0.05, 0) is 48.0 Å². The molecule has 3 aromatic carbocycles. The second-order valence-corrected chi connectivity index (χ2v) is 6.91. The van der Waals surface area contributed by atoms with Crippen molar-refractivity contribution in [3.05, 3.63) is 95.1 Å². The summed E-state index contributed by atoms with van der Waals surface area (Å²) in [5, 5.41) is 10.4. The highest BCUT2D eigenvalue weighted by Gasteiger charge is 2.21. The molecule has 144 valence electrons. The van der Waals surface area contributed by atoms with Gasteiger partial charge in [0.2, 0.25) is 0 Å². The maximum atomic E-state index is 12.1. The lowest BCUT2D eigenvalue weighted by Gasteiger charge is -2.09. The number of Topliss-reactive ketones (excluding diaryl/α,β-unsaturated/α-hetero) is 1. The number of fused-ring (bicyclic) bond motifs is 1. The molecule has 6 heteroatoms. The van der Waals surface area contributed by atoms with Crippen LogP contribution in [0.3, 0.4) is 0 Å². The van der Waals surface area contributed by atoms with E-state index in [0.29, 0.717) is 22.8 Å². The minimum Gasteiger partial charge on any atom is -0.489 e. The first-order chi connectivity index (χ1) is 14.0. The predicted molar refractivity (Wildman–Crippen MR) is 111 cm³/mol. The van der Waals surface area contributed by atoms with Crippen molar-refractivity contribution in [1.82, 2.24) is 4.57 Å². The Morgan fingerprint density at radius 2 is 1.72 bits per heavy atom. The average molecular weight is 406 g/mol. The summed E-state index contributed by atoms with van der Waals surface area (Å²) in [7, 11) is 0. The molecule has 1 N–H and O–H groups in total. The number of aliphatic carboxylic acids is 1. The maximum Gasteiger partial charge on any atom is 0.377 e. The van der Waals surface area contributed by atoms with E-state index in [-0.39, 0.29) is 5.56 Å². The van der Waals surface area contributed by atoms with E-state index in [1.165, 1.54) is 0 Å². The number of benzene rings is 3. The number of carbonyl (C=O) groups is 2. The zero-order chi connectivity index (χ0) is 20.4. The lowest BCUT2D eigenvalue weighted by molar-refractivity contribution is -0.131. The van der Waals surface area contributed by atoms with Crippen LogP contribution in [-0.2, 0) is 11.4 Å². The first-order valence-electron chi connectivity index (χ1n) is 8.88. The van der Waals surface area contributed by atoms with Gasteiger partial charge >= 0.3 is 5.97 Å². The van der Waals surface area contributed by atoms with E-state index in [2.05, 4.69) is 0 Å². The van der Waals surface area contributed by atoms with Gasteiger partial charge in [-0.15, -0.1) is 0 Å². The van der Waals surface area contributed by atoms with Crippen LogP contribution in [0.1, 0.15) is 15.9 Å². The van der Waals surface area contributed by atoms with E-state index in [4.69, 9.17) is 21.4 Å². The molecular weight excluding hydrogens is 390 g/mol. The molecule has 0 aliphatic rings. The summed E-state index contributed by atoms with van der Waals surface area (Å²) in [5.41, 5.74) is 2.68. The van der Waals surface area contributed by atoms with Crippen LogP contribution in [0.5, 0.6) is 5.75 Å². The Hall–Kier alpha value is -3.57. The molecule has 0 radical (unpaired) electrons. The Balaban J connectivity index is 1.61. The van der Waals surface area contributed by atoms with Gasteiger partial charge in [0.1, 0.15) is 12.4 Å². The number of hydrogen-bond donors (Lipinski definition) is 1. The molecule has 0 amide bonds. The normalized spacial score (nSPS) is 10.8. The van der Waals surface area contributed by atoms with Crippen LogP contribution in [-0.4, -0.2) is 21.4 Å². The lowest BCUT2D eigenvalue weighted by Crippen LogP contribution is -2.12. The Morgan fingerprint density at radius 3 is 2.45 bits per heavy atom. The van der Waals surface area contributed by atoms with Crippen LogP contribution in [0, 0.1) is 0 Å². The van der Waals surface area contributed by atoms with Crippen LogP contribution < -0.4 is 4.74 Å². The van der Waals surface area contributed by atoms with Crippen LogP contribution >= 0.6 is 11.6 Å². The first-order valence-corrected chi connectivity index (χ1v) is 9.26. The molecule has 1 heterocycles. The van der Waals surface area contributed by atoms with Gasteiger partial charge in [0.25, 0.3) is 5.78 Å². The Bertz CT molecular complexity index is 1210. The molecular formula is C23H16ClNO4. The number of rotatable bonds is 6. The Morgan fingerprint density at radius 1 is 0.966 bits per heavy atom. The van der Waals surface area contributed by atoms with Crippen LogP contribution in [0.15, 0.2) is 79.0 Å². The number of nitrogens with zero attached hydrogens (tertiary/aromatic N) is 1. The Labute approximate surface area is 171 Å². The van der Waals surface area contributed by atoms with Crippen molar-refractivity contribution in [1.29, 1.82) is 0 Å². The number of carboxylic acid groups (broad SMARTS) is 1. The minimum atomic E-state index is -1.47. The van der Waals surface area contributed by atoms with Crippen molar-refractivity contribution < 1.29 is 19.4 Å². The zero-order valence-electron chi connectivity index (χ0n) is 15.2. The summed E-state index contributed by atoms with van der Waals surface area (Å²) < 4.78 is 7.60. The molecule has 29 heavy (non-hydrogen) atoms. The Kier molecular flexibility index (Phi) is 5.06. The maximum absolute atomic E-state index is 12.1. The molecule has 0 unspecified atom stereocenters. The fourth-order valence-electron chi connectivity index (χ4n) is 3.19. The molecule has 0 spiro atoms. The molecule has 0 saturated heterocycles. The van der Waals surface area contributed by atoms with Crippen molar-refractivity contribution >= 4 is 34.3 Å². The third-order valence-electron chi connectivity index (χ3n) is 4.56. The highest BCUT2D eigenvalue weighted by molar-refractivity contribution is 6.42. The smallest absolute Gasteiger partial charge is 0.377 e. The molecule has 4 rings (SSSR count). The molecule has 1 aromatic heterocycles. The second kappa shape index (κ2) is 7.81. The van der Waals surface area contributed by atoms with E-state index in [1.807, 2.05) is 60.7 Å². The summed E-state index contributed by atoms with van der Waals surface area (Å²) in [5.74, 6) is -1.72. The summed E-state index contributed by atoms with van der Waals surface area (Å²) in [4.78, 5) is 23.2. The monoisotopic (exact) mass is 405 g/mol. The minimum absolute atomic E-state index is 0.161. The summed E-state index contributed by atoms with van der Waals surface area (Å²) in [6, 6.07) is 22.0. The fourth-order valence-corrected chi connectivity index (χ4v) is 3.40. The van der Waals surface area contributed by atoms with Crippen molar-refractivity contribution in [3.63, 3.8) is 0 Å². The standard InChI is InChI=1S/C23H16ClNO4/c24-16-5-3-4-15(12-16)14-29-18-10-8-17(9-11-18)25-13-20(22(26)23(27)28)19-6-1-2-7-21(19)25/h1-13H,14H2,(H,27,28). The zero-order valence-corrected chi connectivity index (χ0v) is 16.0. The van der Waals surface area contributed by atoms with Gasteiger partial charge < -0.3 is 14.4 Å². The quantitative estimate of drug-likeness (QED) is 0.356. The largest absolute Gasteiger partial charge is 0.489 e. The average Bonchev–Trinajstić information content (AvgIpc) is 3.12. The molecule has 0 aliphatic carbocycles. The molecule has 4 aromatic rings. The molecule has 0 aliphatic heterocycles. The van der Waals surface area contributed by atoms with Crippen molar-refractivity contribution in [2.45, 2.75) is 6.61 Å². The summed E-state index contributed by atoms with van der Waals surface area (Å²) in [6.07, 6.45) is 1.56. The summed E-state index contributed by atoms with van der Waals surface area (Å²) in [6.45, 7) is 0.392. The third kappa shape index (κ3) is 3.86. The number of aromatic nitrogens is 1. The molecule has 0 saturated carbocycles. The third-order valence-corrected chi connectivity index (χ3v) is 4.80. The van der Waals surface area contributed by atoms with Gasteiger partial charge in [0, 0.05) is 22.3 Å². The lowest BCUT2D eigenvalue weighted by atomic mass is 10.1. The summed E-state index contributed by atoms with van der Waals surface area (Å²) >= 11 is 5.99.